The summed E-state index contributed by atoms with van der Waals surface area (Å²) in [5.74, 6) is 4.75. The van der Waals surface area contributed by atoms with Crippen molar-refractivity contribution in [2.45, 2.75) is 94.4 Å². The standard InChI is InChI=1S/C12H22.C10H18.C3H4.2C2H2.CH5N/c1-4-6-11(5-2)12-8-7-10(3)9-12;1-8(2)6-7-10(5)9(3)4;1-3-2;3*1-2/h8,10-11H,4-7,9H2,1-3H3;6-7,9H,1-5H3;1H,2H3;2*1-2H;2H2,1H3/b;10-7+;;;;. The van der Waals surface area contributed by atoms with Crippen molar-refractivity contribution in [3.05, 3.63) is 34.9 Å². The summed E-state index contributed by atoms with van der Waals surface area (Å²) in [4.78, 5) is 0. The first-order valence-electron chi connectivity index (χ1n) is 11.4. The molecule has 1 aliphatic rings. The van der Waals surface area contributed by atoms with Gasteiger partial charge in [-0.1, -0.05) is 76.0 Å². The number of rotatable bonds is 6. The van der Waals surface area contributed by atoms with Crippen molar-refractivity contribution in [1.82, 2.24) is 0 Å². The van der Waals surface area contributed by atoms with Gasteiger partial charge < -0.3 is 5.73 Å². The van der Waals surface area contributed by atoms with Gasteiger partial charge in [0.05, 0.1) is 0 Å². The number of allylic oxidation sites excluding steroid dienone is 6. The average Bonchev–Trinajstić information content (AvgIpc) is 3.21. The van der Waals surface area contributed by atoms with Crippen LogP contribution in [0.3, 0.4) is 0 Å². The fourth-order valence-corrected chi connectivity index (χ4v) is 2.75. The normalized spacial score (nSPS) is 14.4. The minimum absolute atomic E-state index is 0.676. The molecule has 0 aromatic rings. The maximum Gasteiger partial charge on any atom is -0.00297 e. The third-order valence-electron chi connectivity index (χ3n) is 4.61. The average molecular weight is 428 g/mol. The van der Waals surface area contributed by atoms with Gasteiger partial charge in [0.2, 0.25) is 0 Å². The minimum atomic E-state index is 0.676. The van der Waals surface area contributed by atoms with Gasteiger partial charge >= 0.3 is 0 Å². The molecule has 0 fully saturated rings. The number of nitrogens with two attached hydrogens (primary N) is 1. The lowest BCUT2D eigenvalue weighted by Gasteiger charge is -2.15. The second-order valence-electron chi connectivity index (χ2n) is 7.82. The second kappa shape index (κ2) is 32.5. The van der Waals surface area contributed by atoms with Crippen LogP contribution in [-0.4, -0.2) is 7.05 Å². The van der Waals surface area contributed by atoms with Crippen molar-refractivity contribution in [2.24, 2.45) is 23.5 Å². The van der Waals surface area contributed by atoms with Crippen molar-refractivity contribution < 1.29 is 0 Å². The van der Waals surface area contributed by atoms with E-state index in [4.69, 9.17) is 0 Å². The summed E-state index contributed by atoms with van der Waals surface area (Å²) in [6.45, 7) is 19.5. The van der Waals surface area contributed by atoms with E-state index < -0.39 is 0 Å². The maximum absolute atomic E-state index is 4.60. The van der Waals surface area contributed by atoms with Gasteiger partial charge in [-0.3, -0.25) is 0 Å². The van der Waals surface area contributed by atoms with E-state index in [0.29, 0.717) is 5.92 Å². The third kappa shape index (κ3) is 30.1. The van der Waals surface area contributed by atoms with Crippen LogP contribution in [-0.2, 0) is 0 Å². The Morgan fingerprint density at radius 3 is 1.81 bits per heavy atom. The summed E-state index contributed by atoms with van der Waals surface area (Å²) in [6, 6.07) is 0. The topological polar surface area (TPSA) is 26.0 Å². The first-order chi connectivity index (χ1) is 14.7. The van der Waals surface area contributed by atoms with Gasteiger partial charge in [0.1, 0.15) is 0 Å². The molecular formula is C30H53N. The van der Waals surface area contributed by atoms with Gasteiger partial charge in [0, 0.05) is 0 Å². The third-order valence-corrected chi connectivity index (χ3v) is 4.61. The Kier molecular flexibility index (Phi) is 41.3. The second-order valence-corrected chi connectivity index (χ2v) is 7.82. The molecule has 0 amide bonds. The summed E-state index contributed by atoms with van der Waals surface area (Å²) < 4.78 is 0. The molecule has 178 valence electrons. The molecule has 2 N–H and O–H groups in total. The fraction of sp³-hybridized carbons (Fsp3) is 0.600. The lowest BCUT2D eigenvalue weighted by molar-refractivity contribution is 0.502. The van der Waals surface area contributed by atoms with Crippen LogP contribution in [0, 0.1) is 55.8 Å². The summed E-state index contributed by atoms with van der Waals surface area (Å²) in [5.41, 5.74) is 9.06. The molecule has 0 aromatic carbocycles. The highest BCUT2D eigenvalue weighted by Gasteiger charge is 2.18. The monoisotopic (exact) mass is 427 g/mol. The van der Waals surface area contributed by atoms with Gasteiger partial charge in [-0.2, -0.15) is 0 Å². The first kappa shape index (κ1) is 39.3. The maximum atomic E-state index is 4.60. The summed E-state index contributed by atoms with van der Waals surface area (Å²) in [7, 11) is 1.50. The van der Waals surface area contributed by atoms with Gasteiger partial charge in [0.15, 0.2) is 0 Å². The summed E-state index contributed by atoms with van der Waals surface area (Å²) in [6.07, 6.45) is 34.2. The number of hydrogen-bond acceptors (Lipinski definition) is 1. The molecule has 1 nitrogen and oxygen atoms in total. The van der Waals surface area contributed by atoms with Gasteiger partial charge in [0.25, 0.3) is 0 Å². The molecule has 2 atom stereocenters. The van der Waals surface area contributed by atoms with Crippen molar-refractivity contribution in [1.29, 1.82) is 0 Å². The van der Waals surface area contributed by atoms with Crippen LogP contribution >= 0.6 is 0 Å². The molecule has 0 radical (unpaired) electrons. The lowest BCUT2D eigenvalue weighted by Crippen LogP contribution is -2.01. The van der Waals surface area contributed by atoms with Crippen molar-refractivity contribution in [3.63, 3.8) is 0 Å². The van der Waals surface area contributed by atoms with E-state index in [1.165, 1.54) is 50.3 Å². The van der Waals surface area contributed by atoms with Crippen LogP contribution in [0.4, 0.5) is 0 Å². The Balaban J connectivity index is -0.000000107. The zero-order valence-corrected chi connectivity index (χ0v) is 22.5. The van der Waals surface area contributed by atoms with E-state index in [9.17, 15) is 0 Å². The molecule has 31 heavy (non-hydrogen) atoms. The zero-order chi connectivity index (χ0) is 25.8. The van der Waals surface area contributed by atoms with Crippen LogP contribution in [0.5, 0.6) is 0 Å². The number of hydrogen-bond donors (Lipinski definition) is 1. The van der Waals surface area contributed by atoms with Crippen molar-refractivity contribution >= 4 is 0 Å². The van der Waals surface area contributed by atoms with E-state index >= 15 is 0 Å². The van der Waals surface area contributed by atoms with E-state index in [-0.39, 0.29) is 0 Å². The van der Waals surface area contributed by atoms with E-state index in [0.717, 1.165) is 11.8 Å². The van der Waals surface area contributed by atoms with Crippen LogP contribution in [0.25, 0.3) is 0 Å². The molecule has 1 aliphatic carbocycles. The molecule has 0 bridgehead atoms. The highest BCUT2D eigenvalue weighted by Crippen LogP contribution is 2.33. The zero-order valence-electron chi connectivity index (χ0n) is 22.5. The smallest absolute Gasteiger partial charge is 0.00297 e. The molecule has 1 heteroatoms. The molecule has 0 aromatic heterocycles. The largest absolute Gasteiger partial charge is 0.333 e. The SMILES string of the molecule is C#C.C#C.C#CC.CC(C)=C/C=C(\C)C(C)C.CCCC(CC)C1=CCC(C)C1.CN. The molecule has 0 saturated heterocycles. The fourth-order valence-electron chi connectivity index (χ4n) is 2.75. The Bertz CT molecular complexity index is 522. The van der Waals surface area contributed by atoms with E-state index in [1.54, 1.807) is 12.5 Å². The van der Waals surface area contributed by atoms with Crippen LogP contribution < -0.4 is 5.73 Å². The Morgan fingerprint density at radius 2 is 1.55 bits per heavy atom. The Labute approximate surface area is 198 Å². The van der Waals surface area contributed by atoms with E-state index in [2.05, 4.69) is 117 Å². The first-order valence-corrected chi connectivity index (χ1v) is 11.4. The van der Waals surface area contributed by atoms with Gasteiger partial charge in [-0.05, 0) is 78.2 Å². The van der Waals surface area contributed by atoms with Crippen LogP contribution in [0.2, 0.25) is 0 Å². The molecule has 0 spiro atoms. The highest BCUT2D eigenvalue weighted by atomic mass is 14.4. The molecule has 1 rings (SSSR count). The Hall–Kier alpha value is -2.14. The predicted molar refractivity (Wildman–Crippen MR) is 148 cm³/mol. The molecule has 0 saturated carbocycles. The molecule has 0 aliphatic heterocycles. The highest BCUT2D eigenvalue weighted by molar-refractivity contribution is 5.15. The van der Waals surface area contributed by atoms with E-state index in [1.807, 2.05) is 0 Å². The predicted octanol–water partition coefficient (Wildman–Crippen LogP) is 8.44. The van der Waals surface area contributed by atoms with Crippen molar-refractivity contribution in [3.8, 4) is 38.0 Å². The minimum Gasteiger partial charge on any atom is -0.333 e. The van der Waals surface area contributed by atoms with Gasteiger partial charge in [-0.25, -0.2) is 0 Å². The molecule has 0 heterocycles. The Morgan fingerprint density at radius 1 is 1.10 bits per heavy atom. The number of terminal acetylenes is 3. The summed E-state index contributed by atoms with van der Waals surface area (Å²) >= 11 is 0. The summed E-state index contributed by atoms with van der Waals surface area (Å²) in [5, 5.41) is 0. The van der Waals surface area contributed by atoms with Crippen molar-refractivity contribution in [2.75, 3.05) is 7.05 Å². The quantitative estimate of drug-likeness (QED) is 0.257. The molecular weight excluding hydrogens is 374 g/mol. The van der Waals surface area contributed by atoms with Crippen LogP contribution in [0.1, 0.15) is 94.4 Å². The van der Waals surface area contributed by atoms with Gasteiger partial charge in [-0.15, -0.1) is 38.0 Å². The lowest BCUT2D eigenvalue weighted by atomic mass is 9.90. The van der Waals surface area contributed by atoms with Crippen LogP contribution in [0.15, 0.2) is 34.9 Å². The molecule has 2 unspecified atom stereocenters.